The Balaban J connectivity index is 1.76. The van der Waals surface area contributed by atoms with Crippen LogP contribution in [0.15, 0.2) is 35.1 Å². The van der Waals surface area contributed by atoms with Crippen LogP contribution in [0.3, 0.4) is 0 Å². The van der Waals surface area contributed by atoms with Crippen LogP contribution in [0, 0.1) is 11.3 Å². The smallest absolute Gasteiger partial charge is 0.338 e. The highest BCUT2D eigenvalue weighted by molar-refractivity contribution is 7.16. The van der Waals surface area contributed by atoms with E-state index in [-0.39, 0.29) is 12.2 Å². The van der Waals surface area contributed by atoms with Crippen LogP contribution < -0.4 is 5.56 Å². The third kappa shape index (κ3) is 3.16. The van der Waals surface area contributed by atoms with Crippen LogP contribution in [0.4, 0.5) is 0 Å². The second-order valence-electron chi connectivity index (χ2n) is 4.89. The molecule has 0 saturated carbocycles. The van der Waals surface area contributed by atoms with Crippen LogP contribution in [0.1, 0.15) is 33.5 Å². The molecule has 2 aromatic heterocycles. The quantitative estimate of drug-likeness (QED) is 0.673. The van der Waals surface area contributed by atoms with Gasteiger partial charge in [-0.2, -0.15) is 14.9 Å². The van der Waals surface area contributed by atoms with E-state index < -0.39 is 5.97 Å². The number of hydrogen-bond acceptors (Lipinski definition) is 7. The first-order chi connectivity index (χ1) is 11.6. The van der Waals surface area contributed by atoms with Crippen molar-refractivity contribution >= 4 is 22.3 Å². The maximum atomic E-state index is 12.0. The van der Waals surface area contributed by atoms with Crippen molar-refractivity contribution in [1.82, 2.24) is 14.6 Å². The van der Waals surface area contributed by atoms with Gasteiger partial charge in [0.25, 0.3) is 5.56 Å². The molecule has 3 rings (SSSR count). The lowest BCUT2D eigenvalue weighted by molar-refractivity contribution is 0.0468. The molecular formula is C16H12N4O3S. The molecular weight excluding hydrogens is 328 g/mol. The summed E-state index contributed by atoms with van der Waals surface area (Å²) in [7, 11) is 0. The van der Waals surface area contributed by atoms with E-state index in [1.54, 1.807) is 0 Å². The number of fused-ring (bicyclic) bond motifs is 1. The molecule has 0 bridgehead atoms. The van der Waals surface area contributed by atoms with Crippen molar-refractivity contribution in [1.29, 1.82) is 5.26 Å². The van der Waals surface area contributed by atoms with Crippen LogP contribution >= 0.6 is 11.3 Å². The fourth-order valence-electron chi connectivity index (χ4n) is 2.02. The first-order valence-corrected chi connectivity index (χ1v) is 7.98. The summed E-state index contributed by atoms with van der Waals surface area (Å²) in [5.74, 6) is -0.542. The molecule has 0 N–H and O–H groups in total. The fourth-order valence-corrected chi connectivity index (χ4v) is 2.87. The lowest BCUT2D eigenvalue weighted by Crippen LogP contribution is -2.16. The van der Waals surface area contributed by atoms with Gasteiger partial charge in [-0.25, -0.2) is 9.78 Å². The fraction of sp³-hybridized carbons (Fsp3) is 0.188. The number of nitrogens with zero attached hydrogens (tertiary/aromatic N) is 4. The minimum Gasteiger partial charge on any atom is -0.456 e. The second-order valence-corrected chi connectivity index (χ2v) is 5.94. The summed E-state index contributed by atoms with van der Waals surface area (Å²) in [5.41, 5.74) is 0.857. The maximum Gasteiger partial charge on any atom is 0.338 e. The van der Waals surface area contributed by atoms with Gasteiger partial charge in [-0.3, -0.25) is 4.79 Å². The summed E-state index contributed by atoms with van der Waals surface area (Å²) in [6.45, 7) is 1.84. The molecule has 0 saturated heterocycles. The van der Waals surface area contributed by atoms with E-state index >= 15 is 0 Å². The summed E-state index contributed by atoms with van der Waals surface area (Å²) in [6, 6.07) is 9.39. The molecule has 8 heteroatoms. The molecule has 120 valence electrons. The minimum absolute atomic E-state index is 0.107. The number of carbonyl (C=O) groups excluding carboxylic acids is 1. The Morgan fingerprint density at radius 1 is 1.38 bits per heavy atom. The Labute approximate surface area is 140 Å². The standard InChI is InChI=1S/C16H12N4O3S/c1-2-13-19-20-14(21)7-12(18-16(20)24-13)9-23-15(22)11-5-3-10(8-17)4-6-11/h3-7H,2,9H2,1H3. The van der Waals surface area contributed by atoms with Crippen molar-refractivity contribution in [3.63, 3.8) is 0 Å². The van der Waals surface area contributed by atoms with Crippen molar-refractivity contribution in [3.05, 3.63) is 62.5 Å². The van der Waals surface area contributed by atoms with Crippen LogP contribution in [0.2, 0.25) is 0 Å². The number of aromatic nitrogens is 3. The Morgan fingerprint density at radius 3 is 2.79 bits per heavy atom. The van der Waals surface area contributed by atoms with Gasteiger partial charge in [-0.05, 0) is 30.7 Å². The van der Waals surface area contributed by atoms with Gasteiger partial charge in [0.2, 0.25) is 4.96 Å². The van der Waals surface area contributed by atoms with Crippen LogP contribution in [-0.2, 0) is 17.8 Å². The molecule has 0 aliphatic rings. The predicted octanol–water partition coefficient (Wildman–Crippen LogP) is 1.94. The van der Waals surface area contributed by atoms with E-state index in [9.17, 15) is 9.59 Å². The van der Waals surface area contributed by atoms with Crippen molar-refractivity contribution in [2.24, 2.45) is 0 Å². The van der Waals surface area contributed by atoms with E-state index in [0.717, 1.165) is 11.4 Å². The molecule has 3 aromatic rings. The number of ether oxygens (including phenoxy) is 1. The molecule has 0 unspecified atom stereocenters. The number of hydrogen-bond donors (Lipinski definition) is 0. The predicted molar refractivity (Wildman–Crippen MR) is 86.8 cm³/mol. The average molecular weight is 340 g/mol. The first kappa shape index (κ1) is 15.8. The van der Waals surface area contributed by atoms with Crippen molar-refractivity contribution in [2.75, 3.05) is 0 Å². The zero-order valence-electron chi connectivity index (χ0n) is 12.7. The topological polar surface area (TPSA) is 97.4 Å². The highest BCUT2D eigenvalue weighted by Crippen LogP contribution is 2.12. The number of rotatable bonds is 4. The van der Waals surface area contributed by atoms with Gasteiger partial charge in [0.05, 0.1) is 22.9 Å². The van der Waals surface area contributed by atoms with Gasteiger partial charge < -0.3 is 4.74 Å². The number of carbonyl (C=O) groups is 1. The SMILES string of the molecule is CCc1nn2c(=O)cc(COC(=O)c3ccc(C#N)cc3)nc2s1. The normalized spacial score (nSPS) is 10.5. The molecule has 0 fully saturated rings. The first-order valence-electron chi connectivity index (χ1n) is 7.16. The molecule has 7 nitrogen and oxygen atoms in total. The maximum absolute atomic E-state index is 12.0. The van der Waals surface area contributed by atoms with Gasteiger partial charge in [-0.15, -0.1) is 0 Å². The van der Waals surface area contributed by atoms with Gasteiger partial charge in [0.15, 0.2) is 0 Å². The van der Waals surface area contributed by atoms with Crippen LogP contribution in [0.25, 0.3) is 4.96 Å². The molecule has 0 spiro atoms. The Kier molecular flexibility index (Phi) is 4.35. The van der Waals surface area contributed by atoms with E-state index in [1.807, 2.05) is 13.0 Å². The van der Waals surface area contributed by atoms with Crippen molar-refractivity contribution in [2.45, 2.75) is 20.0 Å². The minimum atomic E-state index is -0.542. The molecule has 0 amide bonds. The molecule has 0 aliphatic carbocycles. The Hall–Kier alpha value is -3.05. The van der Waals surface area contributed by atoms with Crippen LogP contribution in [0.5, 0.6) is 0 Å². The van der Waals surface area contributed by atoms with Gasteiger partial charge >= 0.3 is 5.97 Å². The molecule has 0 aliphatic heterocycles. The molecule has 24 heavy (non-hydrogen) atoms. The lowest BCUT2D eigenvalue weighted by atomic mass is 10.1. The van der Waals surface area contributed by atoms with Gasteiger partial charge in [0.1, 0.15) is 11.6 Å². The van der Waals surface area contributed by atoms with Crippen molar-refractivity contribution in [3.8, 4) is 6.07 Å². The second kappa shape index (κ2) is 6.60. The van der Waals surface area contributed by atoms with E-state index in [0.29, 0.717) is 21.8 Å². The largest absolute Gasteiger partial charge is 0.456 e. The number of aryl methyl sites for hydroxylation is 1. The third-order valence-electron chi connectivity index (χ3n) is 3.24. The van der Waals surface area contributed by atoms with E-state index in [2.05, 4.69) is 10.1 Å². The Bertz CT molecular complexity index is 999. The molecule has 0 atom stereocenters. The monoisotopic (exact) mass is 340 g/mol. The lowest BCUT2D eigenvalue weighted by Gasteiger charge is -2.04. The highest BCUT2D eigenvalue weighted by atomic mass is 32.1. The average Bonchev–Trinajstić information content (AvgIpc) is 3.03. The summed E-state index contributed by atoms with van der Waals surface area (Å²) in [4.78, 5) is 28.8. The van der Waals surface area contributed by atoms with E-state index in [1.165, 1.54) is 46.2 Å². The zero-order valence-corrected chi connectivity index (χ0v) is 13.5. The molecule has 0 radical (unpaired) electrons. The number of esters is 1. The van der Waals surface area contributed by atoms with Gasteiger partial charge in [-0.1, -0.05) is 18.3 Å². The van der Waals surface area contributed by atoms with Gasteiger partial charge in [0, 0.05) is 6.07 Å². The Morgan fingerprint density at radius 2 is 2.12 bits per heavy atom. The van der Waals surface area contributed by atoms with Crippen LogP contribution in [-0.4, -0.2) is 20.6 Å². The highest BCUT2D eigenvalue weighted by Gasteiger charge is 2.11. The summed E-state index contributed by atoms with van der Waals surface area (Å²) < 4.78 is 6.42. The van der Waals surface area contributed by atoms with E-state index in [4.69, 9.17) is 10.00 Å². The summed E-state index contributed by atoms with van der Waals surface area (Å²) >= 11 is 1.33. The molecule has 1 aromatic carbocycles. The van der Waals surface area contributed by atoms with Crippen molar-refractivity contribution < 1.29 is 9.53 Å². The molecule has 2 heterocycles. The summed E-state index contributed by atoms with van der Waals surface area (Å²) in [5, 5.41) is 13.7. The number of benzene rings is 1. The summed E-state index contributed by atoms with van der Waals surface area (Å²) in [6.07, 6.45) is 0.719. The number of nitriles is 1. The zero-order chi connectivity index (χ0) is 17.1. The third-order valence-corrected chi connectivity index (χ3v) is 4.30.